The van der Waals surface area contributed by atoms with Gasteiger partial charge in [0.25, 0.3) is 0 Å². The van der Waals surface area contributed by atoms with Crippen LogP contribution in [0.4, 0.5) is 13.2 Å². The summed E-state index contributed by atoms with van der Waals surface area (Å²) in [4.78, 5) is 25.1. The number of alkyl halides is 3. The number of halogens is 3. The molecule has 1 aliphatic carbocycles. The topological polar surface area (TPSA) is 58.6 Å². The molecule has 2 rings (SSSR count). The fourth-order valence-electron chi connectivity index (χ4n) is 2.61. The van der Waals surface area contributed by atoms with E-state index in [-0.39, 0.29) is 25.6 Å². The van der Waals surface area contributed by atoms with Crippen molar-refractivity contribution in [2.24, 2.45) is 5.41 Å². The number of hydrogen-bond acceptors (Lipinski definition) is 4. The molecule has 1 saturated carbocycles. The van der Waals surface area contributed by atoms with Gasteiger partial charge in [-0.2, -0.15) is 13.2 Å². The van der Waals surface area contributed by atoms with Crippen molar-refractivity contribution in [1.82, 2.24) is 10.2 Å². The van der Waals surface area contributed by atoms with Gasteiger partial charge in [-0.3, -0.25) is 9.59 Å². The number of ether oxygens (including phenoxy) is 1. The molecule has 1 saturated heterocycles. The average Bonchev–Trinajstić information content (AvgIpc) is 3.09. The zero-order valence-electron chi connectivity index (χ0n) is 11.8. The maximum atomic E-state index is 13.4. The van der Waals surface area contributed by atoms with Crippen LogP contribution in [0.3, 0.4) is 0 Å². The van der Waals surface area contributed by atoms with Crippen LogP contribution in [0.1, 0.15) is 26.2 Å². The molecule has 1 amide bonds. The quantitative estimate of drug-likeness (QED) is 0.772. The van der Waals surface area contributed by atoms with Gasteiger partial charge in [-0.05, 0) is 32.7 Å². The first-order chi connectivity index (χ1) is 9.82. The van der Waals surface area contributed by atoms with E-state index >= 15 is 0 Å². The third-order valence-electron chi connectivity index (χ3n) is 3.96. The van der Waals surface area contributed by atoms with Gasteiger partial charge < -0.3 is 15.0 Å². The summed E-state index contributed by atoms with van der Waals surface area (Å²) in [5, 5.41) is 2.61. The Kier molecular flexibility index (Phi) is 4.46. The highest BCUT2D eigenvalue weighted by atomic mass is 19.4. The minimum Gasteiger partial charge on any atom is -0.465 e. The average molecular weight is 308 g/mol. The Hall–Kier alpha value is -1.31. The summed E-state index contributed by atoms with van der Waals surface area (Å²) in [7, 11) is 0. The molecule has 0 bridgehead atoms. The molecular formula is C13H19F3N2O3. The maximum absolute atomic E-state index is 13.4. The van der Waals surface area contributed by atoms with Gasteiger partial charge in [0.2, 0.25) is 5.91 Å². The van der Waals surface area contributed by atoms with E-state index in [1.165, 1.54) is 0 Å². The SMILES string of the molecule is CCOC(=O)CN(C(=O)C1(C(F)(F)F)CCNC1)C1CC1. The van der Waals surface area contributed by atoms with Crippen LogP contribution in [0.2, 0.25) is 0 Å². The number of carbonyl (C=O) groups excluding carboxylic acids is 2. The van der Waals surface area contributed by atoms with E-state index in [2.05, 4.69) is 5.32 Å². The monoisotopic (exact) mass is 308 g/mol. The molecule has 0 aromatic carbocycles. The second-order valence-electron chi connectivity index (χ2n) is 5.48. The van der Waals surface area contributed by atoms with E-state index in [1.807, 2.05) is 0 Å². The number of esters is 1. The lowest BCUT2D eigenvalue weighted by Crippen LogP contribution is -2.55. The Balaban J connectivity index is 2.18. The summed E-state index contributed by atoms with van der Waals surface area (Å²) in [6, 6.07) is -0.276. The summed E-state index contributed by atoms with van der Waals surface area (Å²) in [6.07, 6.45) is -3.66. The number of nitrogens with zero attached hydrogens (tertiary/aromatic N) is 1. The Bertz CT molecular complexity index is 415. The lowest BCUT2D eigenvalue weighted by Gasteiger charge is -2.35. The Morgan fingerprint density at radius 1 is 1.38 bits per heavy atom. The van der Waals surface area contributed by atoms with Gasteiger partial charge in [-0.25, -0.2) is 0 Å². The third kappa shape index (κ3) is 3.14. The van der Waals surface area contributed by atoms with Gasteiger partial charge in [-0.1, -0.05) is 0 Å². The largest absolute Gasteiger partial charge is 0.465 e. The first-order valence-electron chi connectivity index (χ1n) is 7.06. The van der Waals surface area contributed by atoms with Crippen LogP contribution in [0.5, 0.6) is 0 Å². The van der Waals surface area contributed by atoms with E-state index in [4.69, 9.17) is 4.74 Å². The van der Waals surface area contributed by atoms with Gasteiger partial charge in [0.1, 0.15) is 6.54 Å². The Morgan fingerprint density at radius 2 is 2.05 bits per heavy atom. The van der Waals surface area contributed by atoms with Gasteiger partial charge in [0.15, 0.2) is 5.41 Å². The molecule has 1 atom stereocenters. The highest BCUT2D eigenvalue weighted by Crippen LogP contribution is 2.45. The lowest BCUT2D eigenvalue weighted by molar-refractivity contribution is -0.222. The lowest BCUT2D eigenvalue weighted by atomic mass is 9.84. The van der Waals surface area contributed by atoms with Crippen molar-refractivity contribution in [2.45, 2.75) is 38.4 Å². The number of hydrogen-bond donors (Lipinski definition) is 1. The molecule has 8 heteroatoms. The van der Waals surface area contributed by atoms with E-state index in [0.29, 0.717) is 12.8 Å². The fraction of sp³-hybridized carbons (Fsp3) is 0.846. The summed E-state index contributed by atoms with van der Waals surface area (Å²) < 4.78 is 44.9. The van der Waals surface area contributed by atoms with Gasteiger partial charge >= 0.3 is 12.1 Å². The van der Waals surface area contributed by atoms with Gasteiger partial charge in [0, 0.05) is 12.6 Å². The summed E-state index contributed by atoms with van der Waals surface area (Å²) in [5.74, 6) is -1.67. The minimum absolute atomic E-state index is 0.136. The summed E-state index contributed by atoms with van der Waals surface area (Å²) in [6.45, 7) is 1.05. The molecule has 120 valence electrons. The molecule has 0 spiro atoms. The molecule has 5 nitrogen and oxygen atoms in total. The Labute approximate surface area is 120 Å². The minimum atomic E-state index is -4.63. The highest BCUT2D eigenvalue weighted by Gasteiger charge is 2.63. The summed E-state index contributed by atoms with van der Waals surface area (Å²) >= 11 is 0. The molecule has 0 radical (unpaired) electrons. The van der Waals surface area contributed by atoms with Crippen LogP contribution in [0, 0.1) is 5.41 Å². The van der Waals surface area contributed by atoms with Crippen molar-refractivity contribution in [3.63, 3.8) is 0 Å². The van der Waals surface area contributed by atoms with Crippen molar-refractivity contribution >= 4 is 11.9 Å². The molecular weight excluding hydrogens is 289 g/mol. The van der Waals surface area contributed by atoms with Crippen LogP contribution in [0.25, 0.3) is 0 Å². The summed E-state index contributed by atoms with van der Waals surface area (Å²) in [5.41, 5.74) is -2.41. The van der Waals surface area contributed by atoms with Gasteiger partial charge in [0.05, 0.1) is 6.61 Å². The first-order valence-corrected chi connectivity index (χ1v) is 7.06. The standard InChI is InChI=1S/C13H19F3N2O3/c1-2-21-10(19)7-18(9-3-4-9)11(20)12(13(14,15)16)5-6-17-8-12/h9,17H,2-8H2,1H3. The van der Waals surface area contributed by atoms with Crippen LogP contribution >= 0.6 is 0 Å². The number of carbonyl (C=O) groups is 2. The predicted octanol–water partition coefficient (Wildman–Crippen LogP) is 1.08. The number of nitrogens with one attached hydrogen (secondary N) is 1. The molecule has 2 fully saturated rings. The van der Waals surface area contributed by atoms with Crippen molar-refractivity contribution < 1.29 is 27.5 Å². The molecule has 1 heterocycles. The fourth-order valence-corrected chi connectivity index (χ4v) is 2.61. The zero-order chi connectivity index (χ0) is 15.7. The second kappa shape index (κ2) is 5.82. The van der Waals surface area contributed by atoms with Crippen molar-refractivity contribution in [1.29, 1.82) is 0 Å². The molecule has 2 aliphatic rings. The van der Waals surface area contributed by atoms with E-state index in [0.717, 1.165) is 4.90 Å². The van der Waals surface area contributed by atoms with Gasteiger partial charge in [-0.15, -0.1) is 0 Å². The van der Waals surface area contributed by atoms with Crippen LogP contribution < -0.4 is 5.32 Å². The van der Waals surface area contributed by atoms with Crippen molar-refractivity contribution in [3.05, 3.63) is 0 Å². The van der Waals surface area contributed by atoms with Crippen molar-refractivity contribution in [2.75, 3.05) is 26.2 Å². The van der Waals surface area contributed by atoms with E-state index in [9.17, 15) is 22.8 Å². The highest BCUT2D eigenvalue weighted by molar-refractivity contribution is 5.88. The second-order valence-corrected chi connectivity index (χ2v) is 5.48. The molecule has 1 unspecified atom stereocenters. The molecule has 21 heavy (non-hydrogen) atoms. The van der Waals surface area contributed by atoms with Crippen LogP contribution in [0.15, 0.2) is 0 Å². The zero-order valence-corrected chi connectivity index (χ0v) is 11.8. The third-order valence-corrected chi connectivity index (χ3v) is 3.96. The van der Waals surface area contributed by atoms with E-state index in [1.54, 1.807) is 6.92 Å². The normalized spacial score (nSPS) is 25.7. The molecule has 1 aliphatic heterocycles. The maximum Gasteiger partial charge on any atom is 0.404 e. The smallest absolute Gasteiger partial charge is 0.404 e. The molecule has 0 aromatic rings. The Morgan fingerprint density at radius 3 is 2.48 bits per heavy atom. The van der Waals surface area contributed by atoms with E-state index < -0.39 is 36.6 Å². The van der Waals surface area contributed by atoms with Crippen LogP contribution in [-0.4, -0.2) is 55.2 Å². The van der Waals surface area contributed by atoms with Crippen molar-refractivity contribution in [3.8, 4) is 0 Å². The predicted molar refractivity (Wildman–Crippen MR) is 67.3 cm³/mol. The molecule has 1 N–H and O–H groups in total. The molecule has 0 aromatic heterocycles. The number of rotatable bonds is 5. The first kappa shape index (κ1) is 16.1. The van der Waals surface area contributed by atoms with Crippen LogP contribution in [-0.2, 0) is 14.3 Å². The number of amides is 1.